The van der Waals surface area contributed by atoms with Crippen LogP contribution in [0.1, 0.15) is 19.4 Å². The van der Waals surface area contributed by atoms with Gasteiger partial charge in [0.2, 0.25) is 0 Å². The monoisotopic (exact) mass is 327 g/mol. The lowest BCUT2D eigenvalue weighted by molar-refractivity contribution is -0.385. The highest BCUT2D eigenvalue weighted by Gasteiger charge is 2.24. The summed E-state index contributed by atoms with van der Waals surface area (Å²) in [6.07, 6.45) is 0. The number of hydrogen-bond acceptors (Lipinski definition) is 4. The minimum Gasteiger partial charge on any atom is -0.368 e. The minimum atomic E-state index is -0.340. The van der Waals surface area contributed by atoms with Gasteiger partial charge in [-0.15, -0.1) is 0 Å². The van der Waals surface area contributed by atoms with Gasteiger partial charge in [-0.1, -0.05) is 0 Å². The molecule has 0 saturated carbocycles. The zero-order valence-electron chi connectivity index (χ0n) is 11.3. The van der Waals surface area contributed by atoms with E-state index in [1.165, 1.54) is 0 Å². The van der Waals surface area contributed by atoms with Crippen LogP contribution in [0.15, 0.2) is 16.6 Å². The van der Waals surface area contributed by atoms with Crippen LogP contribution in [0.4, 0.5) is 11.4 Å². The summed E-state index contributed by atoms with van der Waals surface area (Å²) in [4.78, 5) is 12.9. The summed E-state index contributed by atoms with van der Waals surface area (Å²) in [5.41, 5.74) is 1.89. The van der Waals surface area contributed by atoms with E-state index in [4.69, 9.17) is 0 Å². The Bertz CT molecular complexity index is 497. The minimum absolute atomic E-state index is 0.159. The van der Waals surface area contributed by atoms with Crippen LogP contribution in [0.3, 0.4) is 0 Å². The van der Waals surface area contributed by atoms with Gasteiger partial charge < -0.3 is 10.2 Å². The number of nitrogens with one attached hydrogen (secondary N) is 1. The van der Waals surface area contributed by atoms with Crippen molar-refractivity contribution < 1.29 is 4.92 Å². The lowest BCUT2D eigenvalue weighted by Crippen LogP contribution is -2.54. The number of aryl methyl sites for hydroxylation is 1. The summed E-state index contributed by atoms with van der Waals surface area (Å²) in [6.45, 7) is 7.88. The van der Waals surface area contributed by atoms with Gasteiger partial charge in [-0.3, -0.25) is 10.1 Å². The van der Waals surface area contributed by atoms with E-state index in [2.05, 4.69) is 40.0 Å². The maximum Gasteiger partial charge on any atom is 0.273 e. The fourth-order valence-corrected chi connectivity index (χ4v) is 3.20. The molecule has 0 amide bonds. The van der Waals surface area contributed by atoms with E-state index in [0.717, 1.165) is 23.2 Å². The second kappa shape index (κ2) is 5.46. The van der Waals surface area contributed by atoms with Gasteiger partial charge in [0.05, 0.1) is 10.6 Å². The van der Waals surface area contributed by atoms with Crippen molar-refractivity contribution in [3.8, 4) is 0 Å². The normalized spacial score (nSPS) is 23.5. The first-order chi connectivity index (χ1) is 8.88. The maximum absolute atomic E-state index is 10.9. The number of nitro groups is 1. The summed E-state index contributed by atoms with van der Waals surface area (Å²) in [6, 6.07) is 4.31. The fraction of sp³-hybridized carbons (Fsp3) is 0.538. The Kier molecular flexibility index (Phi) is 4.10. The first kappa shape index (κ1) is 14.3. The molecule has 0 bridgehead atoms. The van der Waals surface area contributed by atoms with Crippen LogP contribution in [-0.2, 0) is 0 Å². The van der Waals surface area contributed by atoms with Crippen LogP contribution in [0.25, 0.3) is 0 Å². The van der Waals surface area contributed by atoms with E-state index in [9.17, 15) is 10.1 Å². The molecule has 1 aromatic rings. The van der Waals surface area contributed by atoms with Crippen molar-refractivity contribution in [2.45, 2.75) is 32.9 Å². The summed E-state index contributed by atoms with van der Waals surface area (Å²) in [5.74, 6) is 0. The van der Waals surface area contributed by atoms with Gasteiger partial charge >= 0.3 is 0 Å². The van der Waals surface area contributed by atoms with E-state index < -0.39 is 0 Å². The standard InChI is InChI=1S/C13H18BrN3O2/c1-8-4-13(11(14)5-12(8)17(18)19)16-6-9(2)15-10(3)7-16/h4-5,9-10,15H,6-7H2,1-3H3. The van der Waals surface area contributed by atoms with Gasteiger partial charge in [-0.25, -0.2) is 0 Å². The third kappa shape index (κ3) is 3.06. The van der Waals surface area contributed by atoms with Crippen molar-refractivity contribution in [3.63, 3.8) is 0 Å². The Labute approximate surface area is 121 Å². The van der Waals surface area contributed by atoms with Gasteiger partial charge in [0.15, 0.2) is 0 Å². The summed E-state index contributed by atoms with van der Waals surface area (Å²) < 4.78 is 0.783. The average molecular weight is 328 g/mol. The molecule has 2 unspecified atom stereocenters. The van der Waals surface area contributed by atoms with Crippen LogP contribution in [0.5, 0.6) is 0 Å². The highest BCUT2D eigenvalue weighted by molar-refractivity contribution is 9.10. The molecule has 19 heavy (non-hydrogen) atoms. The molecule has 2 rings (SSSR count). The van der Waals surface area contributed by atoms with Gasteiger partial charge in [-0.05, 0) is 42.8 Å². The largest absolute Gasteiger partial charge is 0.368 e. The van der Waals surface area contributed by atoms with Gasteiger partial charge in [-0.2, -0.15) is 0 Å². The molecule has 5 nitrogen and oxygen atoms in total. The first-order valence-electron chi connectivity index (χ1n) is 6.34. The second-order valence-electron chi connectivity index (χ2n) is 5.22. The van der Waals surface area contributed by atoms with Crippen LogP contribution in [0.2, 0.25) is 0 Å². The Hall–Kier alpha value is -1.14. The van der Waals surface area contributed by atoms with Crippen LogP contribution >= 0.6 is 15.9 Å². The van der Waals surface area contributed by atoms with E-state index in [0.29, 0.717) is 17.6 Å². The third-order valence-electron chi connectivity index (χ3n) is 3.36. The Morgan fingerprint density at radius 1 is 1.37 bits per heavy atom. The Balaban J connectivity index is 2.35. The molecule has 1 N–H and O–H groups in total. The van der Waals surface area contributed by atoms with Crippen molar-refractivity contribution in [1.82, 2.24) is 5.32 Å². The van der Waals surface area contributed by atoms with Crippen LogP contribution < -0.4 is 10.2 Å². The number of piperazine rings is 1. The van der Waals surface area contributed by atoms with Crippen molar-refractivity contribution >= 4 is 27.3 Å². The molecule has 0 aliphatic carbocycles. The lowest BCUT2D eigenvalue weighted by Gasteiger charge is -2.38. The quantitative estimate of drug-likeness (QED) is 0.670. The molecule has 1 heterocycles. The summed E-state index contributed by atoms with van der Waals surface area (Å²) >= 11 is 3.46. The molecule has 1 aliphatic heterocycles. The van der Waals surface area contributed by atoms with Crippen molar-refractivity contribution in [2.75, 3.05) is 18.0 Å². The zero-order valence-corrected chi connectivity index (χ0v) is 12.9. The molecule has 104 valence electrons. The van der Waals surface area contributed by atoms with Crippen LogP contribution in [-0.4, -0.2) is 30.1 Å². The molecule has 1 fully saturated rings. The molecular weight excluding hydrogens is 310 g/mol. The molecule has 0 radical (unpaired) electrons. The Morgan fingerprint density at radius 3 is 2.47 bits per heavy atom. The van der Waals surface area contributed by atoms with E-state index in [1.54, 1.807) is 13.0 Å². The number of halogens is 1. The molecular formula is C13H18BrN3O2. The SMILES string of the molecule is Cc1cc(N2CC(C)NC(C)C2)c(Br)cc1[N+](=O)[O-]. The maximum atomic E-state index is 10.9. The summed E-state index contributed by atoms with van der Waals surface area (Å²) in [5, 5.41) is 14.4. The predicted octanol–water partition coefficient (Wildman–Crippen LogP) is 2.85. The number of benzene rings is 1. The average Bonchev–Trinajstić information content (AvgIpc) is 2.30. The van der Waals surface area contributed by atoms with Crippen molar-refractivity contribution in [1.29, 1.82) is 0 Å². The number of anilines is 1. The topological polar surface area (TPSA) is 58.4 Å². The third-order valence-corrected chi connectivity index (χ3v) is 4.00. The van der Waals surface area contributed by atoms with Crippen molar-refractivity contribution in [2.24, 2.45) is 0 Å². The van der Waals surface area contributed by atoms with E-state index in [1.807, 2.05) is 6.07 Å². The molecule has 1 saturated heterocycles. The fourth-order valence-electron chi connectivity index (χ4n) is 2.62. The molecule has 0 aromatic heterocycles. The van der Waals surface area contributed by atoms with Crippen LogP contribution in [0, 0.1) is 17.0 Å². The lowest BCUT2D eigenvalue weighted by atomic mass is 10.1. The molecule has 0 spiro atoms. The smallest absolute Gasteiger partial charge is 0.273 e. The van der Waals surface area contributed by atoms with Gasteiger partial charge in [0.25, 0.3) is 5.69 Å². The first-order valence-corrected chi connectivity index (χ1v) is 7.13. The van der Waals surface area contributed by atoms with E-state index >= 15 is 0 Å². The van der Waals surface area contributed by atoms with Gasteiger partial charge in [0.1, 0.15) is 0 Å². The number of rotatable bonds is 2. The number of hydrogen-bond donors (Lipinski definition) is 1. The zero-order chi connectivity index (χ0) is 14.2. The molecule has 1 aromatic carbocycles. The van der Waals surface area contributed by atoms with Gasteiger partial charge in [0, 0.05) is 41.3 Å². The molecule has 2 atom stereocenters. The second-order valence-corrected chi connectivity index (χ2v) is 6.08. The highest BCUT2D eigenvalue weighted by Crippen LogP contribution is 2.33. The Morgan fingerprint density at radius 2 is 1.95 bits per heavy atom. The molecule has 6 heteroatoms. The molecule has 1 aliphatic rings. The van der Waals surface area contributed by atoms with E-state index in [-0.39, 0.29) is 10.6 Å². The predicted molar refractivity (Wildman–Crippen MR) is 79.8 cm³/mol. The highest BCUT2D eigenvalue weighted by atomic mass is 79.9. The van der Waals surface area contributed by atoms with Crippen molar-refractivity contribution in [3.05, 3.63) is 32.3 Å². The number of nitrogens with zero attached hydrogens (tertiary/aromatic N) is 2. The summed E-state index contributed by atoms with van der Waals surface area (Å²) in [7, 11) is 0. The number of nitro benzene ring substituents is 1.